The van der Waals surface area contributed by atoms with Crippen molar-refractivity contribution in [3.8, 4) is 0 Å². The Morgan fingerprint density at radius 2 is 1.63 bits per heavy atom. The zero-order valence-corrected chi connectivity index (χ0v) is 16.0. The van der Waals surface area contributed by atoms with Crippen LogP contribution in [0, 0.1) is 16.7 Å². The van der Waals surface area contributed by atoms with Crippen molar-refractivity contribution in [1.29, 1.82) is 0 Å². The van der Waals surface area contributed by atoms with Crippen molar-refractivity contribution in [2.24, 2.45) is 26.7 Å². The standard InChI is InChI=1S/C24H23N3/c1-23(2)15-12-13-24(23,3)21-20(15)19-14-8-4-5-9-16(14)26-22(19)27-18-11-7-6-10-17(18)25-21/h4-11,15H,12-13H2,1-3H3,(H,26,27)/t15-,24+/m0/s1. The normalized spacial score (nSPS) is 29.3. The average molecular weight is 353 g/mol. The first-order chi connectivity index (χ1) is 13.0. The maximum Gasteiger partial charge on any atom is 0.139 e. The topological polar surface area (TPSA) is 40.5 Å². The van der Waals surface area contributed by atoms with Gasteiger partial charge in [-0.1, -0.05) is 51.1 Å². The summed E-state index contributed by atoms with van der Waals surface area (Å²) >= 11 is 0. The van der Waals surface area contributed by atoms with E-state index < -0.39 is 0 Å². The van der Waals surface area contributed by atoms with Crippen molar-refractivity contribution in [2.45, 2.75) is 33.6 Å². The number of hydrogen-bond acceptors (Lipinski definition) is 2. The van der Waals surface area contributed by atoms with Gasteiger partial charge in [-0.05, 0) is 47.9 Å². The molecule has 2 atom stereocenters. The van der Waals surface area contributed by atoms with Crippen LogP contribution in [0.1, 0.15) is 33.6 Å². The number of nitrogens with zero attached hydrogens (tertiary/aromatic N) is 2. The number of para-hydroxylation sites is 3. The Balaban J connectivity index is 1.89. The Kier molecular flexibility index (Phi) is 2.72. The van der Waals surface area contributed by atoms with E-state index in [1.54, 1.807) is 0 Å². The number of nitrogens with one attached hydrogen (secondary N) is 1. The van der Waals surface area contributed by atoms with Gasteiger partial charge in [0.15, 0.2) is 0 Å². The lowest BCUT2D eigenvalue weighted by Gasteiger charge is -2.34. The van der Waals surface area contributed by atoms with Gasteiger partial charge in [-0.15, -0.1) is 0 Å². The van der Waals surface area contributed by atoms with Gasteiger partial charge in [-0.3, -0.25) is 4.99 Å². The van der Waals surface area contributed by atoms with Crippen molar-refractivity contribution in [3.63, 3.8) is 0 Å². The lowest BCUT2D eigenvalue weighted by Crippen LogP contribution is -2.35. The first-order valence-electron chi connectivity index (χ1n) is 9.89. The van der Waals surface area contributed by atoms with Crippen LogP contribution in [0.3, 0.4) is 0 Å². The molecule has 0 saturated heterocycles. The van der Waals surface area contributed by atoms with Crippen LogP contribution < -0.4 is 10.7 Å². The molecular formula is C24H23N3. The summed E-state index contributed by atoms with van der Waals surface area (Å²) in [7, 11) is 0. The van der Waals surface area contributed by atoms with Crippen molar-refractivity contribution in [3.05, 3.63) is 59.2 Å². The summed E-state index contributed by atoms with van der Waals surface area (Å²) in [4.78, 5) is 13.9. The van der Waals surface area contributed by atoms with Crippen LogP contribution in [-0.2, 0) is 0 Å². The predicted molar refractivity (Wildman–Crippen MR) is 110 cm³/mol. The molecule has 0 unspecified atom stereocenters. The Morgan fingerprint density at radius 1 is 0.926 bits per heavy atom. The highest BCUT2D eigenvalue weighted by atomic mass is 14.9. The number of aliphatic imine (C=N–C) groups is 1. The highest BCUT2D eigenvalue weighted by molar-refractivity contribution is 6.27. The van der Waals surface area contributed by atoms with Gasteiger partial charge < -0.3 is 4.98 Å². The van der Waals surface area contributed by atoms with E-state index in [0.29, 0.717) is 5.92 Å². The third-order valence-electron chi connectivity index (χ3n) is 7.65. The number of hydrogen-bond donors (Lipinski definition) is 1. The molecule has 1 N–H and O–H groups in total. The van der Waals surface area contributed by atoms with Crippen LogP contribution in [0.4, 0.5) is 11.4 Å². The van der Waals surface area contributed by atoms with Crippen molar-refractivity contribution >= 4 is 33.6 Å². The van der Waals surface area contributed by atoms with Gasteiger partial charge in [0.2, 0.25) is 0 Å². The minimum atomic E-state index is 0.104. The number of rotatable bonds is 0. The van der Waals surface area contributed by atoms with Gasteiger partial charge in [0, 0.05) is 21.5 Å². The fourth-order valence-electron chi connectivity index (χ4n) is 5.75. The summed E-state index contributed by atoms with van der Waals surface area (Å²) < 4.78 is 0. The van der Waals surface area contributed by atoms with Gasteiger partial charge in [-0.2, -0.15) is 0 Å². The molecule has 0 spiro atoms. The van der Waals surface area contributed by atoms with Crippen LogP contribution in [0.25, 0.3) is 16.5 Å². The molecule has 0 radical (unpaired) electrons. The molecule has 1 aliphatic heterocycles. The second-order valence-electron chi connectivity index (χ2n) is 9.01. The molecule has 2 aliphatic carbocycles. The SMILES string of the molecule is CC1(C)[C@H]2CC[C@]1(C)C1=Nc3ccccc3N=c3[nH]c4ccccc4/c3=C/12. The van der Waals surface area contributed by atoms with E-state index in [9.17, 15) is 0 Å². The largest absolute Gasteiger partial charge is 0.339 e. The fourth-order valence-corrected chi connectivity index (χ4v) is 5.75. The molecule has 2 saturated carbocycles. The van der Waals surface area contributed by atoms with Crippen LogP contribution >= 0.6 is 0 Å². The van der Waals surface area contributed by atoms with Gasteiger partial charge in [-0.25, -0.2) is 4.99 Å². The minimum absolute atomic E-state index is 0.104. The maximum absolute atomic E-state index is 5.27. The fraction of sp³-hybridized carbons (Fsp3) is 0.333. The van der Waals surface area contributed by atoms with Crippen molar-refractivity contribution < 1.29 is 0 Å². The number of fused-ring (bicyclic) bond motifs is 9. The molecule has 3 heteroatoms. The van der Waals surface area contributed by atoms with Gasteiger partial charge in [0.25, 0.3) is 0 Å². The summed E-state index contributed by atoms with van der Waals surface area (Å²) in [6.45, 7) is 7.29. The first-order valence-corrected chi connectivity index (χ1v) is 9.89. The summed E-state index contributed by atoms with van der Waals surface area (Å²) in [5.74, 6) is 0.527. The molecule has 3 nitrogen and oxygen atoms in total. The summed E-state index contributed by atoms with van der Waals surface area (Å²) in [6, 6.07) is 16.9. The smallest absolute Gasteiger partial charge is 0.139 e. The van der Waals surface area contributed by atoms with E-state index in [2.05, 4.69) is 68.2 Å². The molecule has 1 aromatic heterocycles. The quantitative estimate of drug-likeness (QED) is 0.602. The molecule has 2 aromatic carbocycles. The summed E-state index contributed by atoms with van der Waals surface area (Å²) in [6.07, 6.45) is 2.45. The second-order valence-corrected chi connectivity index (χ2v) is 9.01. The Hall–Kier alpha value is -2.68. The van der Waals surface area contributed by atoms with E-state index in [1.807, 2.05) is 6.07 Å². The highest BCUT2D eigenvalue weighted by Gasteiger charge is 2.62. The van der Waals surface area contributed by atoms with Gasteiger partial charge >= 0.3 is 0 Å². The monoisotopic (exact) mass is 353 g/mol. The molecule has 27 heavy (non-hydrogen) atoms. The third-order valence-corrected chi connectivity index (χ3v) is 7.65. The Morgan fingerprint density at radius 3 is 2.44 bits per heavy atom. The van der Waals surface area contributed by atoms with Crippen LogP contribution in [0.2, 0.25) is 0 Å². The minimum Gasteiger partial charge on any atom is -0.339 e. The summed E-state index contributed by atoms with van der Waals surface area (Å²) in [5.41, 5.74) is 7.10. The van der Waals surface area contributed by atoms with Crippen molar-refractivity contribution in [2.75, 3.05) is 0 Å². The summed E-state index contributed by atoms with van der Waals surface area (Å²) in [5, 5.41) is 2.55. The lowest BCUT2D eigenvalue weighted by atomic mass is 9.70. The zero-order chi connectivity index (χ0) is 18.4. The molecule has 3 aromatic rings. The Labute approximate surface area is 158 Å². The Bertz CT molecular complexity index is 1270. The number of aromatic amines is 1. The van der Waals surface area contributed by atoms with E-state index in [1.165, 1.54) is 34.7 Å². The molecule has 3 aliphatic rings. The van der Waals surface area contributed by atoms with Crippen LogP contribution in [0.5, 0.6) is 0 Å². The van der Waals surface area contributed by atoms with Gasteiger partial charge in [0.05, 0.1) is 17.1 Å². The molecule has 2 heterocycles. The molecule has 134 valence electrons. The molecule has 2 bridgehead atoms. The van der Waals surface area contributed by atoms with Crippen molar-refractivity contribution in [1.82, 2.24) is 4.98 Å². The van der Waals surface area contributed by atoms with E-state index in [0.717, 1.165) is 22.4 Å². The van der Waals surface area contributed by atoms with Crippen LogP contribution in [0.15, 0.2) is 58.5 Å². The predicted octanol–water partition coefficient (Wildman–Crippen LogP) is 4.81. The highest BCUT2D eigenvalue weighted by Crippen LogP contribution is 2.66. The molecule has 0 amide bonds. The first kappa shape index (κ1) is 15.4. The number of aromatic nitrogens is 1. The van der Waals surface area contributed by atoms with E-state index in [4.69, 9.17) is 9.98 Å². The zero-order valence-electron chi connectivity index (χ0n) is 16.0. The van der Waals surface area contributed by atoms with Gasteiger partial charge in [0.1, 0.15) is 5.49 Å². The third kappa shape index (κ3) is 1.73. The number of H-pyrrole nitrogens is 1. The number of benzene rings is 2. The van der Waals surface area contributed by atoms with E-state index >= 15 is 0 Å². The molecular weight excluding hydrogens is 330 g/mol. The molecule has 2 fully saturated rings. The van der Waals surface area contributed by atoms with Crippen LogP contribution in [-0.4, -0.2) is 10.7 Å². The van der Waals surface area contributed by atoms with E-state index in [-0.39, 0.29) is 10.8 Å². The second kappa shape index (κ2) is 4.78. The maximum atomic E-state index is 5.27. The lowest BCUT2D eigenvalue weighted by molar-refractivity contribution is 0.206. The average Bonchev–Trinajstić information content (AvgIpc) is 3.15. The molecule has 6 rings (SSSR count).